The molecular formula is C21H26N2O3. The van der Waals surface area contributed by atoms with E-state index in [2.05, 4.69) is 17.6 Å². The van der Waals surface area contributed by atoms with Gasteiger partial charge in [-0.3, -0.25) is 9.59 Å². The number of amides is 2. The molecule has 2 amide bonds. The lowest BCUT2D eigenvalue weighted by atomic mass is 10.1. The summed E-state index contributed by atoms with van der Waals surface area (Å²) in [4.78, 5) is 24.6. The Morgan fingerprint density at radius 2 is 1.81 bits per heavy atom. The smallest absolute Gasteiger partial charge is 0.265 e. The van der Waals surface area contributed by atoms with Gasteiger partial charge in [-0.2, -0.15) is 0 Å². The quantitative estimate of drug-likeness (QED) is 0.669. The number of carbonyl (C=O) groups excluding carboxylic acids is 2. The first kappa shape index (κ1) is 19.5. The molecule has 0 saturated heterocycles. The molecule has 2 rings (SSSR count). The SMILES string of the molecule is CCCCNC(=O)c1cccc(NC(=O)C(CC)Oc2ccccc2)c1. The van der Waals surface area contributed by atoms with Crippen LogP contribution in [0.25, 0.3) is 0 Å². The molecule has 2 aromatic carbocycles. The number of rotatable bonds is 9. The normalized spacial score (nSPS) is 11.5. The van der Waals surface area contributed by atoms with Crippen molar-refractivity contribution in [3.05, 3.63) is 60.2 Å². The molecular weight excluding hydrogens is 328 g/mol. The maximum Gasteiger partial charge on any atom is 0.265 e. The van der Waals surface area contributed by atoms with E-state index in [9.17, 15) is 9.59 Å². The van der Waals surface area contributed by atoms with Gasteiger partial charge < -0.3 is 15.4 Å². The van der Waals surface area contributed by atoms with Crippen LogP contribution in [0.1, 0.15) is 43.5 Å². The molecule has 0 spiro atoms. The highest BCUT2D eigenvalue weighted by atomic mass is 16.5. The van der Waals surface area contributed by atoms with E-state index in [0.29, 0.717) is 30.0 Å². The Morgan fingerprint density at radius 1 is 1.04 bits per heavy atom. The van der Waals surface area contributed by atoms with E-state index < -0.39 is 6.10 Å². The molecule has 1 unspecified atom stereocenters. The maximum atomic E-state index is 12.5. The molecule has 1 atom stereocenters. The zero-order valence-corrected chi connectivity index (χ0v) is 15.3. The molecule has 138 valence electrons. The minimum absolute atomic E-state index is 0.137. The Labute approximate surface area is 154 Å². The van der Waals surface area contributed by atoms with Gasteiger partial charge >= 0.3 is 0 Å². The lowest BCUT2D eigenvalue weighted by Gasteiger charge is -2.17. The van der Waals surface area contributed by atoms with Crippen molar-refractivity contribution in [1.29, 1.82) is 0 Å². The summed E-state index contributed by atoms with van der Waals surface area (Å²) in [6.07, 6.45) is 1.91. The number of carbonyl (C=O) groups is 2. The van der Waals surface area contributed by atoms with Gasteiger partial charge in [0.05, 0.1) is 0 Å². The van der Waals surface area contributed by atoms with Crippen LogP contribution in [-0.2, 0) is 4.79 Å². The summed E-state index contributed by atoms with van der Waals surface area (Å²) in [5, 5.41) is 5.70. The third kappa shape index (κ3) is 5.92. The van der Waals surface area contributed by atoms with E-state index in [1.54, 1.807) is 24.3 Å². The second-order valence-corrected chi connectivity index (χ2v) is 6.01. The van der Waals surface area contributed by atoms with Crippen LogP contribution >= 0.6 is 0 Å². The fourth-order valence-electron chi connectivity index (χ4n) is 2.43. The summed E-state index contributed by atoms with van der Waals surface area (Å²) in [7, 11) is 0. The van der Waals surface area contributed by atoms with Crippen LogP contribution in [0.15, 0.2) is 54.6 Å². The molecule has 0 saturated carbocycles. The van der Waals surface area contributed by atoms with Crippen LogP contribution in [0, 0.1) is 0 Å². The van der Waals surface area contributed by atoms with Gasteiger partial charge in [-0.05, 0) is 43.2 Å². The summed E-state index contributed by atoms with van der Waals surface area (Å²) in [5.41, 5.74) is 1.10. The highest BCUT2D eigenvalue weighted by molar-refractivity contribution is 5.98. The van der Waals surface area contributed by atoms with Gasteiger partial charge in [-0.25, -0.2) is 0 Å². The number of anilines is 1. The molecule has 0 aliphatic rings. The standard InChI is InChI=1S/C21H26N2O3/c1-3-5-14-22-20(24)16-10-9-11-17(15-16)23-21(25)19(4-2)26-18-12-7-6-8-13-18/h6-13,15,19H,3-5,14H2,1-2H3,(H,22,24)(H,23,25). The monoisotopic (exact) mass is 354 g/mol. The van der Waals surface area contributed by atoms with Gasteiger partial charge in [0.25, 0.3) is 11.8 Å². The molecule has 0 aliphatic carbocycles. The summed E-state index contributed by atoms with van der Waals surface area (Å²) < 4.78 is 5.75. The maximum absolute atomic E-state index is 12.5. The molecule has 2 N–H and O–H groups in total. The largest absolute Gasteiger partial charge is 0.481 e. The molecule has 0 fully saturated rings. The molecule has 0 radical (unpaired) electrons. The molecule has 0 heterocycles. The Morgan fingerprint density at radius 3 is 2.50 bits per heavy atom. The van der Waals surface area contributed by atoms with E-state index in [0.717, 1.165) is 12.8 Å². The number of nitrogens with one attached hydrogen (secondary N) is 2. The van der Waals surface area contributed by atoms with Gasteiger partial charge in [0.1, 0.15) is 5.75 Å². The average molecular weight is 354 g/mol. The first-order chi connectivity index (χ1) is 12.6. The summed E-state index contributed by atoms with van der Waals surface area (Å²) in [6, 6.07) is 16.2. The van der Waals surface area contributed by atoms with Crippen molar-refractivity contribution in [2.24, 2.45) is 0 Å². The van der Waals surface area contributed by atoms with Crippen molar-refractivity contribution >= 4 is 17.5 Å². The van der Waals surface area contributed by atoms with Gasteiger partial charge in [0.2, 0.25) is 0 Å². The molecule has 2 aromatic rings. The lowest BCUT2D eigenvalue weighted by molar-refractivity contribution is -0.122. The average Bonchev–Trinajstić information content (AvgIpc) is 2.67. The van der Waals surface area contributed by atoms with Crippen LogP contribution in [0.3, 0.4) is 0 Å². The van der Waals surface area contributed by atoms with E-state index in [4.69, 9.17) is 4.74 Å². The van der Waals surface area contributed by atoms with Gasteiger partial charge in [0, 0.05) is 17.8 Å². The zero-order valence-electron chi connectivity index (χ0n) is 15.3. The van der Waals surface area contributed by atoms with Crippen molar-refractivity contribution in [2.75, 3.05) is 11.9 Å². The fraction of sp³-hybridized carbons (Fsp3) is 0.333. The zero-order chi connectivity index (χ0) is 18.8. The van der Waals surface area contributed by atoms with E-state index >= 15 is 0 Å². The lowest BCUT2D eigenvalue weighted by Crippen LogP contribution is -2.32. The Balaban J connectivity index is 1.99. The van der Waals surface area contributed by atoms with Crippen LogP contribution in [0.5, 0.6) is 5.75 Å². The van der Waals surface area contributed by atoms with Crippen molar-refractivity contribution in [1.82, 2.24) is 5.32 Å². The number of unbranched alkanes of at least 4 members (excludes halogenated alkanes) is 1. The Bertz CT molecular complexity index is 716. The number of para-hydroxylation sites is 1. The molecule has 0 aliphatic heterocycles. The van der Waals surface area contributed by atoms with E-state index in [1.165, 1.54) is 0 Å². The molecule has 5 heteroatoms. The van der Waals surface area contributed by atoms with Gasteiger partial charge in [-0.15, -0.1) is 0 Å². The van der Waals surface area contributed by atoms with Crippen LogP contribution in [0.2, 0.25) is 0 Å². The fourth-order valence-corrected chi connectivity index (χ4v) is 2.43. The minimum Gasteiger partial charge on any atom is -0.481 e. The highest BCUT2D eigenvalue weighted by Gasteiger charge is 2.19. The third-order valence-corrected chi connectivity index (χ3v) is 3.89. The van der Waals surface area contributed by atoms with E-state index in [1.807, 2.05) is 37.3 Å². The number of hydrogen-bond acceptors (Lipinski definition) is 3. The second-order valence-electron chi connectivity index (χ2n) is 6.01. The Hall–Kier alpha value is -2.82. The van der Waals surface area contributed by atoms with Crippen LogP contribution in [-0.4, -0.2) is 24.5 Å². The number of benzene rings is 2. The predicted octanol–water partition coefficient (Wildman–Crippen LogP) is 4.01. The topological polar surface area (TPSA) is 67.4 Å². The highest BCUT2D eigenvalue weighted by Crippen LogP contribution is 2.15. The predicted molar refractivity (Wildman–Crippen MR) is 103 cm³/mol. The number of hydrogen-bond donors (Lipinski definition) is 2. The number of ether oxygens (including phenoxy) is 1. The van der Waals surface area contributed by atoms with Gasteiger partial charge in [-0.1, -0.05) is 44.5 Å². The summed E-state index contributed by atoms with van der Waals surface area (Å²) >= 11 is 0. The van der Waals surface area contributed by atoms with Crippen molar-refractivity contribution in [3.8, 4) is 5.75 Å². The first-order valence-electron chi connectivity index (χ1n) is 9.04. The third-order valence-electron chi connectivity index (χ3n) is 3.89. The van der Waals surface area contributed by atoms with Crippen molar-refractivity contribution in [3.63, 3.8) is 0 Å². The summed E-state index contributed by atoms with van der Waals surface area (Å²) in [6.45, 7) is 4.61. The Kier molecular flexibility index (Phi) is 7.68. The van der Waals surface area contributed by atoms with Crippen LogP contribution < -0.4 is 15.4 Å². The molecule has 0 bridgehead atoms. The second kappa shape index (κ2) is 10.2. The molecule has 5 nitrogen and oxygen atoms in total. The van der Waals surface area contributed by atoms with Crippen molar-refractivity contribution in [2.45, 2.75) is 39.2 Å². The molecule has 0 aromatic heterocycles. The van der Waals surface area contributed by atoms with E-state index in [-0.39, 0.29) is 11.8 Å². The minimum atomic E-state index is -0.598. The summed E-state index contributed by atoms with van der Waals surface area (Å²) in [5.74, 6) is 0.278. The molecule has 26 heavy (non-hydrogen) atoms. The first-order valence-corrected chi connectivity index (χ1v) is 9.04. The van der Waals surface area contributed by atoms with Crippen molar-refractivity contribution < 1.29 is 14.3 Å². The van der Waals surface area contributed by atoms with Crippen LogP contribution in [0.4, 0.5) is 5.69 Å². The van der Waals surface area contributed by atoms with Gasteiger partial charge in [0.15, 0.2) is 6.10 Å².